The zero-order valence-electron chi connectivity index (χ0n) is 3.93. The molecule has 3 nitrogen and oxygen atoms in total. The molecule has 0 heterocycles. The molecule has 6 heavy (non-hydrogen) atoms. The fourth-order valence-electron chi connectivity index (χ4n) is 0.0962. The van der Waals surface area contributed by atoms with Crippen LogP contribution in [0.25, 0.3) is 0 Å². The Kier molecular flexibility index (Phi) is 5.18. The minimum absolute atomic E-state index is 0.647. The molecule has 0 saturated carbocycles. The summed E-state index contributed by atoms with van der Waals surface area (Å²) in [5.41, 5.74) is 0. The maximum atomic E-state index is 4.32. The van der Waals surface area contributed by atoms with Crippen LogP contribution in [0, 0.1) is 0 Å². The van der Waals surface area contributed by atoms with E-state index in [1.165, 1.54) is 7.11 Å². The van der Waals surface area contributed by atoms with Crippen molar-refractivity contribution in [2.24, 2.45) is 0 Å². The molecule has 0 aliphatic carbocycles. The van der Waals surface area contributed by atoms with E-state index in [2.05, 4.69) is 14.8 Å². The SMILES string of the molecule is COOOC[SiH3]. The fourth-order valence-corrected chi connectivity index (χ4v) is 0.192. The quantitative estimate of drug-likeness (QED) is 0.197. The van der Waals surface area contributed by atoms with Crippen LogP contribution in [-0.4, -0.2) is 23.6 Å². The lowest BCUT2D eigenvalue weighted by Crippen LogP contribution is -1.93. The van der Waals surface area contributed by atoms with Gasteiger partial charge in [-0.3, -0.25) is 0 Å². The maximum absolute atomic E-state index is 4.32. The second kappa shape index (κ2) is 5.10. The van der Waals surface area contributed by atoms with Crippen molar-refractivity contribution in [1.29, 1.82) is 0 Å². The van der Waals surface area contributed by atoms with E-state index < -0.39 is 0 Å². The van der Waals surface area contributed by atoms with Crippen molar-refractivity contribution in [2.45, 2.75) is 0 Å². The summed E-state index contributed by atoms with van der Waals surface area (Å²) >= 11 is 0. The normalized spacial score (nSPS) is 9.50. The summed E-state index contributed by atoms with van der Waals surface area (Å²) in [6.45, 7) is 0. The van der Waals surface area contributed by atoms with Crippen molar-refractivity contribution in [3.05, 3.63) is 0 Å². The summed E-state index contributed by atoms with van der Waals surface area (Å²) in [5, 5.41) is 4.02. The van der Waals surface area contributed by atoms with Gasteiger partial charge >= 0.3 is 0 Å². The van der Waals surface area contributed by atoms with Crippen molar-refractivity contribution in [3.8, 4) is 0 Å². The summed E-state index contributed by atoms with van der Waals surface area (Å²) in [4.78, 5) is 8.40. The van der Waals surface area contributed by atoms with Gasteiger partial charge in [0, 0.05) is 10.2 Å². The van der Waals surface area contributed by atoms with Crippen LogP contribution in [0.4, 0.5) is 0 Å². The predicted molar refractivity (Wildman–Crippen MR) is 24.0 cm³/mol. The fraction of sp³-hybridized carbons (Fsp3) is 1.00. The third-order valence-electron chi connectivity index (χ3n) is 0.234. The Morgan fingerprint density at radius 1 is 1.67 bits per heavy atom. The molecule has 0 unspecified atom stereocenters. The Hall–Kier alpha value is 0.0969. The third kappa shape index (κ3) is 4.10. The van der Waals surface area contributed by atoms with Gasteiger partial charge in [0.05, 0.1) is 13.3 Å². The van der Waals surface area contributed by atoms with Crippen molar-refractivity contribution < 1.29 is 14.8 Å². The van der Waals surface area contributed by atoms with Gasteiger partial charge in [0.2, 0.25) is 0 Å². The minimum Gasteiger partial charge on any atom is -0.211 e. The van der Waals surface area contributed by atoms with E-state index in [-0.39, 0.29) is 0 Å². The molecule has 0 bridgehead atoms. The molecule has 0 aromatic carbocycles. The van der Waals surface area contributed by atoms with Gasteiger partial charge in [0.25, 0.3) is 0 Å². The second-order valence-electron chi connectivity index (χ2n) is 0.641. The summed E-state index contributed by atoms with van der Waals surface area (Å²) in [6.07, 6.45) is 0.647. The third-order valence-corrected chi connectivity index (χ3v) is 0.470. The number of hydrogen-bond donors (Lipinski definition) is 0. The molecule has 0 fully saturated rings. The Labute approximate surface area is 39.5 Å². The van der Waals surface area contributed by atoms with Gasteiger partial charge in [-0.1, -0.05) is 5.04 Å². The molecular weight excluding hydrogens is 100 g/mol. The zero-order valence-corrected chi connectivity index (χ0v) is 5.93. The van der Waals surface area contributed by atoms with Crippen LogP contribution in [0.1, 0.15) is 0 Å². The molecule has 0 N–H and O–H groups in total. The highest BCUT2D eigenvalue weighted by molar-refractivity contribution is 6.08. The van der Waals surface area contributed by atoms with Gasteiger partial charge in [-0.15, -0.1) is 0 Å². The van der Waals surface area contributed by atoms with Gasteiger partial charge in [0.1, 0.15) is 0 Å². The van der Waals surface area contributed by atoms with Crippen molar-refractivity contribution >= 4 is 10.2 Å². The summed E-state index contributed by atoms with van der Waals surface area (Å²) in [7, 11) is 2.38. The molecule has 0 aliphatic heterocycles. The van der Waals surface area contributed by atoms with E-state index in [1.54, 1.807) is 0 Å². The van der Waals surface area contributed by atoms with Gasteiger partial charge in [0.15, 0.2) is 0 Å². The molecule has 0 spiro atoms. The summed E-state index contributed by atoms with van der Waals surface area (Å²) in [6, 6.07) is 0. The van der Waals surface area contributed by atoms with Crippen LogP contribution >= 0.6 is 0 Å². The van der Waals surface area contributed by atoms with Crippen LogP contribution in [0.3, 0.4) is 0 Å². The molecule has 0 rings (SSSR count). The second-order valence-corrected chi connectivity index (χ2v) is 1.22. The molecule has 0 aromatic heterocycles. The van der Waals surface area contributed by atoms with E-state index in [4.69, 9.17) is 0 Å². The first kappa shape index (κ1) is 6.10. The van der Waals surface area contributed by atoms with Crippen LogP contribution in [-0.2, 0) is 14.8 Å². The van der Waals surface area contributed by atoms with E-state index in [0.29, 0.717) is 6.23 Å². The highest BCUT2D eigenvalue weighted by atomic mass is 28.1. The van der Waals surface area contributed by atoms with Crippen LogP contribution in [0.15, 0.2) is 0 Å². The molecule has 0 aromatic rings. The lowest BCUT2D eigenvalue weighted by molar-refractivity contribution is -0.495. The van der Waals surface area contributed by atoms with Crippen molar-refractivity contribution in [2.75, 3.05) is 13.3 Å². The van der Waals surface area contributed by atoms with E-state index in [1.807, 2.05) is 0 Å². The predicted octanol–water partition coefficient (Wildman–Crippen LogP) is -1.18. The van der Waals surface area contributed by atoms with Gasteiger partial charge in [-0.2, -0.15) is 0 Å². The van der Waals surface area contributed by atoms with Crippen molar-refractivity contribution in [3.63, 3.8) is 0 Å². The molecule has 0 atom stereocenters. The molecule has 38 valence electrons. The Bertz CT molecular complexity index is 20.8. The first-order chi connectivity index (χ1) is 2.91. The molecule has 4 heteroatoms. The summed E-state index contributed by atoms with van der Waals surface area (Å²) < 4.78 is 0. The van der Waals surface area contributed by atoms with Crippen LogP contribution in [0.2, 0.25) is 0 Å². The van der Waals surface area contributed by atoms with Crippen LogP contribution < -0.4 is 0 Å². The zero-order chi connectivity index (χ0) is 4.83. The standard InChI is InChI=1S/C2H8O3Si/c1-3-5-4-2-6/h2H2,1,6H3. The first-order valence-corrected chi connectivity index (χ1v) is 3.15. The maximum Gasteiger partial charge on any atom is 0.0744 e. The van der Waals surface area contributed by atoms with E-state index in [9.17, 15) is 0 Å². The Balaban J connectivity index is 2.34. The largest absolute Gasteiger partial charge is 0.211 e. The topological polar surface area (TPSA) is 27.7 Å². The molecule has 0 aliphatic rings. The number of hydrogen-bond acceptors (Lipinski definition) is 3. The van der Waals surface area contributed by atoms with Gasteiger partial charge in [-0.25, -0.2) is 9.78 Å². The monoisotopic (exact) mass is 108 g/mol. The highest BCUT2D eigenvalue weighted by Crippen LogP contribution is 1.69. The Morgan fingerprint density at radius 3 is 2.50 bits per heavy atom. The highest BCUT2D eigenvalue weighted by Gasteiger charge is 1.72. The van der Waals surface area contributed by atoms with Crippen molar-refractivity contribution in [1.82, 2.24) is 0 Å². The lowest BCUT2D eigenvalue weighted by Gasteiger charge is -1.90. The Morgan fingerprint density at radius 2 is 2.33 bits per heavy atom. The number of rotatable bonds is 3. The molecule has 0 saturated heterocycles. The van der Waals surface area contributed by atoms with Gasteiger partial charge < -0.3 is 0 Å². The summed E-state index contributed by atoms with van der Waals surface area (Å²) in [5.74, 6) is 0. The smallest absolute Gasteiger partial charge is 0.0744 e. The average molecular weight is 108 g/mol. The van der Waals surface area contributed by atoms with E-state index >= 15 is 0 Å². The lowest BCUT2D eigenvalue weighted by atomic mass is 11.7. The molecule has 0 radical (unpaired) electrons. The van der Waals surface area contributed by atoms with E-state index in [0.717, 1.165) is 10.2 Å². The average Bonchev–Trinajstić information content (AvgIpc) is 1.61. The first-order valence-electron chi connectivity index (χ1n) is 1.74. The molecule has 0 amide bonds. The minimum atomic E-state index is 0.647. The van der Waals surface area contributed by atoms with Crippen LogP contribution in [0.5, 0.6) is 0 Å². The van der Waals surface area contributed by atoms with Gasteiger partial charge in [-0.05, 0) is 0 Å². The molecular formula is C2H8O3Si.